The molecule has 2 aromatic carbocycles. The van der Waals surface area contributed by atoms with E-state index in [-0.39, 0.29) is 11.7 Å². The molecular formula is C22H25N5O. The van der Waals surface area contributed by atoms with Crippen LogP contribution in [0.15, 0.2) is 59.4 Å². The van der Waals surface area contributed by atoms with Gasteiger partial charge in [-0.1, -0.05) is 42.5 Å². The Hall–Kier alpha value is -2.70. The lowest BCUT2D eigenvalue weighted by Crippen LogP contribution is -2.49. The molecule has 2 aliphatic heterocycles. The Morgan fingerprint density at radius 1 is 0.929 bits per heavy atom. The zero-order valence-electron chi connectivity index (χ0n) is 15.9. The largest absolute Gasteiger partial charge is 0.365 e. The minimum absolute atomic E-state index is 0.156. The van der Waals surface area contributed by atoms with Crippen LogP contribution < -0.4 is 11.0 Å². The molecule has 6 nitrogen and oxygen atoms in total. The predicted molar refractivity (Wildman–Crippen MR) is 112 cm³/mol. The Labute approximate surface area is 164 Å². The van der Waals surface area contributed by atoms with Gasteiger partial charge in [-0.05, 0) is 17.7 Å². The molecule has 1 fully saturated rings. The first-order valence-corrected chi connectivity index (χ1v) is 10.0. The monoisotopic (exact) mass is 375 g/mol. The summed E-state index contributed by atoms with van der Waals surface area (Å²) in [6.45, 7) is 6.96. The molecule has 28 heavy (non-hydrogen) atoms. The minimum atomic E-state index is -0.156. The van der Waals surface area contributed by atoms with Crippen LogP contribution in [0.4, 0.5) is 5.82 Å². The van der Waals surface area contributed by atoms with Gasteiger partial charge in [0.2, 0.25) is 0 Å². The summed E-state index contributed by atoms with van der Waals surface area (Å²) in [6.07, 6.45) is 0. The van der Waals surface area contributed by atoms with Crippen LogP contribution in [-0.2, 0) is 13.1 Å². The Morgan fingerprint density at radius 2 is 1.64 bits per heavy atom. The summed E-state index contributed by atoms with van der Waals surface area (Å²) in [5.41, 5.74) is 1.99. The van der Waals surface area contributed by atoms with Gasteiger partial charge in [-0.2, -0.15) is 4.98 Å². The molecule has 5 rings (SSSR count). The van der Waals surface area contributed by atoms with Crippen molar-refractivity contribution in [1.82, 2.24) is 19.4 Å². The average Bonchev–Trinajstić information content (AvgIpc) is 3.15. The van der Waals surface area contributed by atoms with Gasteiger partial charge in [0.1, 0.15) is 5.82 Å². The highest BCUT2D eigenvalue weighted by Crippen LogP contribution is 2.25. The van der Waals surface area contributed by atoms with E-state index in [0.29, 0.717) is 6.54 Å². The normalized spacial score (nSPS) is 20.2. The minimum Gasteiger partial charge on any atom is -0.365 e. The summed E-state index contributed by atoms with van der Waals surface area (Å²) in [7, 11) is 0. The number of piperazine rings is 1. The van der Waals surface area contributed by atoms with Gasteiger partial charge in [-0.25, -0.2) is 4.79 Å². The molecule has 2 aliphatic rings. The summed E-state index contributed by atoms with van der Waals surface area (Å²) in [4.78, 5) is 21.6. The molecule has 144 valence electrons. The molecule has 1 aromatic heterocycles. The number of hydrogen-bond donors (Lipinski definition) is 1. The molecule has 6 heteroatoms. The first-order chi connectivity index (χ1) is 13.8. The second kappa shape index (κ2) is 7.37. The zero-order valence-corrected chi connectivity index (χ0v) is 15.9. The molecule has 1 saturated heterocycles. The van der Waals surface area contributed by atoms with Crippen molar-refractivity contribution in [2.45, 2.75) is 19.1 Å². The van der Waals surface area contributed by atoms with E-state index in [1.807, 2.05) is 24.3 Å². The van der Waals surface area contributed by atoms with Gasteiger partial charge < -0.3 is 5.32 Å². The van der Waals surface area contributed by atoms with Crippen molar-refractivity contribution in [3.05, 3.63) is 70.6 Å². The number of nitrogens with zero attached hydrogens (tertiary/aromatic N) is 4. The fraction of sp³-hybridized carbons (Fsp3) is 0.364. The number of aromatic nitrogens is 2. The highest BCUT2D eigenvalue weighted by Gasteiger charge is 2.27. The molecule has 3 heterocycles. The topological polar surface area (TPSA) is 53.4 Å². The molecular weight excluding hydrogens is 350 g/mol. The van der Waals surface area contributed by atoms with E-state index >= 15 is 0 Å². The maximum Gasteiger partial charge on any atom is 0.349 e. The van der Waals surface area contributed by atoms with Gasteiger partial charge in [0.05, 0.1) is 18.1 Å². The maximum atomic E-state index is 12.4. The van der Waals surface area contributed by atoms with E-state index in [0.717, 1.165) is 56.0 Å². The number of benzene rings is 2. The van der Waals surface area contributed by atoms with Gasteiger partial charge in [-0.15, -0.1) is 0 Å². The van der Waals surface area contributed by atoms with Crippen molar-refractivity contribution in [3.8, 4) is 0 Å². The predicted octanol–water partition coefficient (Wildman–Crippen LogP) is 2.01. The van der Waals surface area contributed by atoms with Crippen molar-refractivity contribution < 1.29 is 0 Å². The number of nitrogens with one attached hydrogen (secondary N) is 1. The lowest BCUT2D eigenvalue weighted by molar-refractivity contribution is 0.123. The third-order valence-electron chi connectivity index (χ3n) is 5.81. The van der Waals surface area contributed by atoms with Gasteiger partial charge in [0.25, 0.3) is 0 Å². The van der Waals surface area contributed by atoms with Gasteiger partial charge >= 0.3 is 5.69 Å². The molecule has 0 bridgehead atoms. The third-order valence-corrected chi connectivity index (χ3v) is 5.81. The summed E-state index contributed by atoms with van der Waals surface area (Å²) in [5, 5.41) is 4.61. The lowest BCUT2D eigenvalue weighted by atomic mass is 10.2. The van der Waals surface area contributed by atoms with E-state index in [4.69, 9.17) is 0 Å². The maximum absolute atomic E-state index is 12.4. The molecule has 1 N–H and O–H groups in total. The summed E-state index contributed by atoms with van der Waals surface area (Å²) < 4.78 is 1.79. The third kappa shape index (κ3) is 3.41. The number of hydrogen-bond acceptors (Lipinski definition) is 5. The molecule has 0 saturated carbocycles. The van der Waals surface area contributed by atoms with E-state index in [9.17, 15) is 4.79 Å². The van der Waals surface area contributed by atoms with E-state index in [2.05, 4.69) is 50.4 Å². The van der Waals surface area contributed by atoms with E-state index in [1.165, 1.54) is 5.56 Å². The molecule has 1 atom stereocenters. The summed E-state index contributed by atoms with van der Waals surface area (Å²) in [5.74, 6) is 0.920. The fourth-order valence-electron chi connectivity index (χ4n) is 4.35. The first-order valence-electron chi connectivity index (χ1n) is 10.0. The van der Waals surface area contributed by atoms with Crippen LogP contribution in [0.5, 0.6) is 0 Å². The van der Waals surface area contributed by atoms with Gasteiger partial charge in [0, 0.05) is 44.7 Å². The second-order valence-corrected chi connectivity index (χ2v) is 7.77. The van der Waals surface area contributed by atoms with Crippen LogP contribution in [0.25, 0.3) is 10.9 Å². The fourth-order valence-corrected chi connectivity index (χ4v) is 4.35. The van der Waals surface area contributed by atoms with Crippen molar-refractivity contribution in [3.63, 3.8) is 0 Å². The van der Waals surface area contributed by atoms with Crippen LogP contribution in [0.2, 0.25) is 0 Å². The van der Waals surface area contributed by atoms with Crippen molar-refractivity contribution >= 4 is 16.7 Å². The molecule has 0 amide bonds. The van der Waals surface area contributed by atoms with Crippen LogP contribution in [0.1, 0.15) is 5.56 Å². The quantitative estimate of drug-likeness (QED) is 0.756. The van der Waals surface area contributed by atoms with Gasteiger partial charge in [0.15, 0.2) is 0 Å². The van der Waals surface area contributed by atoms with Crippen molar-refractivity contribution in [2.75, 3.05) is 38.0 Å². The Bertz CT molecular complexity index is 1020. The zero-order chi connectivity index (χ0) is 18.9. The number of para-hydroxylation sites is 1. The Morgan fingerprint density at radius 3 is 2.46 bits per heavy atom. The highest BCUT2D eigenvalue weighted by atomic mass is 16.1. The standard InChI is InChI=1S/C22H25N5O/c28-22-24-20-9-5-4-8-19(20)21-23-18(16-27(21)22)15-26-12-10-25(11-13-26)14-17-6-2-1-3-7-17/h1-9,18,23H,10-16H2/t18-/m1/s1. The Kier molecular flexibility index (Phi) is 4.58. The Balaban J connectivity index is 1.21. The SMILES string of the molecule is O=c1nc2ccccc2c2n1C[C@@H](CN1CCN(Cc3ccccc3)CC1)N2. The van der Waals surface area contributed by atoms with Crippen LogP contribution in [0.3, 0.4) is 0 Å². The van der Waals surface area contributed by atoms with Crippen LogP contribution in [0, 0.1) is 0 Å². The van der Waals surface area contributed by atoms with Crippen molar-refractivity contribution in [2.24, 2.45) is 0 Å². The molecule has 3 aromatic rings. The number of rotatable bonds is 4. The second-order valence-electron chi connectivity index (χ2n) is 7.77. The molecule has 0 unspecified atom stereocenters. The van der Waals surface area contributed by atoms with Crippen LogP contribution in [-0.4, -0.2) is 58.1 Å². The number of anilines is 1. The average molecular weight is 375 g/mol. The smallest absolute Gasteiger partial charge is 0.349 e. The first kappa shape index (κ1) is 17.4. The van der Waals surface area contributed by atoms with Crippen LogP contribution >= 0.6 is 0 Å². The summed E-state index contributed by atoms with van der Waals surface area (Å²) >= 11 is 0. The number of fused-ring (bicyclic) bond motifs is 3. The lowest BCUT2D eigenvalue weighted by Gasteiger charge is -2.35. The molecule has 0 aliphatic carbocycles. The van der Waals surface area contributed by atoms with E-state index < -0.39 is 0 Å². The highest BCUT2D eigenvalue weighted by molar-refractivity contribution is 5.89. The molecule has 0 radical (unpaired) electrons. The van der Waals surface area contributed by atoms with Crippen molar-refractivity contribution in [1.29, 1.82) is 0 Å². The van der Waals surface area contributed by atoms with Gasteiger partial charge in [-0.3, -0.25) is 14.4 Å². The summed E-state index contributed by atoms with van der Waals surface area (Å²) in [6, 6.07) is 18.8. The molecule has 0 spiro atoms. The van der Waals surface area contributed by atoms with E-state index in [1.54, 1.807) is 4.57 Å².